The molecule has 0 unspecified atom stereocenters. The summed E-state index contributed by atoms with van der Waals surface area (Å²) < 4.78 is 0. The van der Waals surface area contributed by atoms with Crippen molar-refractivity contribution in [2.75, 3.05) is 18.0 Å². The summed E-state index contributed by atoms with van der Waals surface area (Å²) in [6, 6.07) is 3.84. The van der Waals surface area contributed by atoms with Gasteiger partial charge in [-0.25, -0.2) is 0 Å². The molecular formula is C22H24ClN3O2S. The largest absolute Gasteiger partial charge is 0.363 e. The Labute approximate surface area is 181 Å². The maximum Gasteiger partial charge on any atom is 0.265 e. The van der Waals surface area contributed by atoms with Gasteiger partial charge in [0.1, 0.15) is 5.57 Å². The van der Waals surface area contributed by atoms with E-state index in [9.17, 15) is 9.59 Å². The summed E-state index contributed by atoms with van der Waals surface area (Å²) in [6.07, 6.45) is 5.30. The normalized spacial score (nSPS) is 19.8. The molecule has 0 aromatic heterocycles. The Morgan fingerprint density at radius 1 is 1.31 bits per heavy atom. The molecular weight excluding hydrogens is 406 g/mol. The zero-order chi connectivity index (χ0) is 21.5. The topological polar surface area (TPSA) is 52.7 Å². The molecule has 0 saturated carbocycles. The van der Waals surface area contributed by atoms with Crippen molar-refractivity contribution in [1.82, 2.24) is 10.2 Å². The number of hydrogen-bond donors (Lipinski definition) is 1. The zero-order valence-electron chi connectivity index (χ0n) is 17.0. The van der Waals surface area contributed by atoms with Crippen LogP contribution in [-0.4, -0.2) is 40.5 Å². The minimum absolute atomic E-state index is 0.00702. The lowest BCUT2D eigenvalue weighted by Crippen LogP contribution is -2.53. The van der Waals surface area contributed by atoms with Gasteiger partial charge in [-0.15, -0.1) is 6.58 Å². The minimum atomic E-state index is -0.530. The van der Waals surface area contributed by atoms with E-state index in [1.54, 1.807) is 6.08 Å². The number of rotatable bonds is 4. The Hall–Kier alpha value is -2.44. The van der Waals surface area contributed by atoms with Crippen LogP contribution in [-0.2, 0) is 9.59 Å². The van der Waals surface area contributed by atoms with Crippen LogP contribution in [0.4, 0.5) is 5.69 Å². The van der Waals surface area contributed by atoms with E-state index in [1.165, 1.54) is 11.0 Å². The van der Waals surface area contributed by atoms with Gasteiger partial charge >= 0.3 is 0 Å². The summed E-state index contributed by atoms with van der Waals surface area (Å²) in [5.41, 5.74) is 3.67. The lowest BCUT2D eigenvalue weighted by atomic mass is 9.87. The first kappa shape index (κ1) is 21.3. The highest BCUT2D eigenvalue weighted by molar-refractivity contribution is 7.80. The van der Waals surface area contributed by atoms with Gasteiger partial charge < -0.3 is 4.90 Å². The van der Waals surface area contributed by atoms with E-state index in [0.717, 1.165) is 23.4 Å². The first-order valence-corrected chi connectivity index (χ1v) is 10.2. The lowest BCUT2D eigenvalue weighted by molar-refractivity contribution is -0.128. The average molecular weight is 430 g/mol. The number of hydrogen-bond acceptors (Lipinski definition) is 4. The number of carbonyl (C=O) groups is 2. The van der Waals surface area contributed by atoms with Gasteiger partial charge in [0.05, 0.1) is 5.54 Å². The van der Waals surface area contributed by atoms with Crippen LogP contribution < -0.4 is 10.2 Å². The molecule has 2 heterocycles. The summed E-state index contributed by atoms with van der Waals surface area (Å²) in [6.45, 7) is 13.2. The molecule has 0 aliphatic carbocycles. The van der Waals surface area contributed by atoms with Crippen molar-refractivity contribution in [1.29, 1.82) is 0 Å². The number of halogens is 1. The first-order valence-electron chi connectivity index (χ1n) is 9.41. The van der Waals surface area contributed by atoms with Gasteiger partial charge in [0.15, 0.2) is 5.11 Å². The maximum atomic E-state index is 12.8. The number of allylic oxidation sites excluding steroid dienone is 1. The number of carbonyl (C=O) groups excluding carboxylic acids is 2. The Morgan fingerprint density at radius 2 is 2.00 bits per heavy atom. The third-order valence-corrected chi connectivity index (χ3v) is 5.86. The van der Waals surface area contributed by atoms with Crippen LogP contribution in [0.3, 0.4) is 0 Å². The van der Waals surface area contributed by atoms with E-state index < -0.39 is 11.8 Å². The van der Waals surface area contributed by atoms with E-state index in [1.807, 2.05) is 12.1 Å². The first-order chi connectivity index (χ1) is 13.6. The van der Waals surface area contributed by atoms with E-state index in [0.29, 0.717) is 10.6 Å². The molecule has 5 nitrogen and oxygen atoms in total. The van der Waals surface area contributed by atoms with Gasteiger partial charge in [0.2, 0.25) is 0 Å². The third kappa shape index (κ3) is 3.74. The van der Waals surface area contributed by atoms with E-state index >= 15 is 0 Å². The van der Waals surface area contributed by atoms with E-state index in [-0.39, 0.29) is 22.8 Å². The number of amides is 2. The van der Waals surface area contributed by atoms with Crippen molar-refractivity contribution >= 4 is 58.1 Å². The summed E-state index contributed by atoms with van der Waals surface area (Å²) in [5, 5.41) is 3.10. The predicted molar refractivity (Wildman–Crippen MR) is 123 cm³/mol. The van der Waals surface area contributed by atoms with Crippen molar-refractivity contribution in [3.05, 3.63) is 52.6 Å². The number of thiocarbonyl (C=S) groups is 1. The number of anilines is 1. The Bertz CT molecular complexity index is 994. The summed E-state index contributed by atoms with van der Waals surface area (Å²) in [4.78, 5) is 28.8. The van der Waals surface area contributed by atoms with Crippen LogP contribution in [0.15, 0.2) is 36.4 Å². The molecule has 0 spiro atoms. The molecule has 152 valence electrons. The Balaban J connectivity index is 2.10. The molecule has 3 rings (SSSR count). The monoisotopic (exact) mass is 429 g/mol. The van der Waals surface area contributed by atoms with E-state index in [4.69, 9.17) is 23.8 Å². The fraction of sp³-hybridized carbons (Fsp3) is 0.318. The van der Waals surface area contributed by atoms with Gasteiger partial charge in [0, 0.05) is 29.4 Å². The minimum Gasteiger partial charge on any atom is -0.363 e. The summed E-state index contributed by atoms with van der Waals surface area (Å²) >= 11 is 11.7. The molecule has 2 aliphatic heterocycles. The molecule has 1 aromatic rings. The van der Waals surface area contributed by atoms with Crippen LogP contribution >= 0.6 is 23.8 Å². The third-order valence-electron chi connectivity index (χ3n) is 5.21. The van der Waals surface area contributed by atoms with Crippen LogP contribution in [0.1, 0.15) is 38.8 Å². The highest BCUT2D eigenvalue weighted by Gasteiger charge is 2.34. The molecule has 0 bridgehead atoms. The Morgan fingerprint density at radius 3 is 2.62 bits per heavy atom. The quantitative estimate of drug-likeness (QED) is 0.337. The van der Waals surface area contributed by atoms with Gasteiger partial charge in [0.25, 0.3) is 11.8 Å². The molecule has 7 heteroatoms. The fourth-order valence-corrected chi connectivity index (χ4v) is 4.41. The van der Waals surface area contributed by atoms with Gasteiger partial charge in [-0.1, -0.05) is 23.8 Å². The van der Waals surface area contributed by atoms with Crippen molar-refractivity contribution in [3.63, 3.8) is 0 Å². The standard InChI is InChI=1S/C22H24ClN3O2S/c1-6-8-25-20(28)16(19(27)24-21(25)29)10-14-9-15-13(3)12-22(4,5)26(7-2)18(15)11-17(14)23/h6,9-12H,1,7-8H2,2-5H3,(H,24,27,29)/b16-10+. The average Bonchev–Trinajstić information content (AvgIpc) is 2.62. The number of likely N-dealkylation sites (N-methyl/N-ethyl adjacent to an activating group) is 1. The van der Waals surface area contributed by atoms with Crippen LogP contribution in [0.2, 0.25) is 5.02 Å². The summed E-state index contributed by atoms with van der Waals surface area (Å²) in [5.74, 6) is -0.992. The number of benzene rings is 1. The van der Waals surface area contributed by atoms with E-state index in [2.05, 4.69) is 50.6 Å². The van der Waals surface area contributed by atoms with Gasteiger partial charge in [-0.05, 0) is 69.3 Å². The second-order valence-electron chi connectivity index (χ2n) is 7.64. The van der Waals surface area contributed by atoms with Crippen molar-refractivity contribution in [3.8, 4) is 0 Å². The zero-order valence-corrected chi connectivity index (χ0v) is 18.6. The molecule has 2 amide bonds. The van der Waals surface area contributed by atoms with Crippen LogP contribution in [0.5, 0.6) is 0 Å². The fourth-order valence-electron chi connectivity index (χ4n) is 3.95. The second-order valence-corrected chi connectivity index (χ2v) is 8.43. The molecule has 1 fully saturated rings. The van der Waals surface area contributed by atoms with Crippen LogP contribution in [0, 0.1) is 0 Å². The Kier molecular flexibility index (Phi) is 5.70. The lowest BCUT2D eigenvalue weighted by Gasteiger charge is -2.43. The summed E-state index contributed by atoms with van der Waals surface area (Å²) in [7, 11) is 0. The highest BCUT2D eigenvalue weighted by atomic mass is 35.5. The number of nitrogens with one attached hydrogen (secondary N) is 1. The highest BCUT2D eigenvalue weighted by Crippen LogP contribution is 2.41. The van der Waals surface area contributed by atoms with Crippen molar-refractivity contribution in [2.24, 2.45) is 0 Å². The molecule has 29 heavy (non-hydrogen) atoms. The molecule has 0 radical (unpaired) electrons. The molecule has 2 aliphatic rings. The SMILES string of the molecule is C=CCN1C(=O)/C(=C/c2cc3c(cc2Cl)N(CC)C(C)(C)C=C3C)C(=O)NC1=S. The van der Waals surface area contributed by atoms with Gasteiger partial charge in [-0.3, -0.25) is 19.8 Å². The molecule has 1 aromatic carbocycles. The second kappa shape index (κ2) is 7.76. The predicted octanol–water partition coefficient (Wildman–Crippen LogP) is 4.17. The van der Waals surface area contributed by atoms with Crippen molar-refractivity contribution < 1.29 is 9.59 Å². The number of fused-ring (bicyclic) bond motifs is 1. The maximum absolute atomic E-state index is 12.8. The molecule has 1 N–H and O–H groups in total. The molecule has 0 atom stereocenters. The molecule has 1 saturated heterocycles. The smallest absolute Gasteiger partial charge is 0.265 e. The number of nitrogens with zero attached hydrogens (tertiary/aromatic N) is 2. The van der Waals surface area contributed by atoms with Crippen LogP contribution in [0.25, 0.3) is 11.6 Å². The van der Waals surface area contributed by atoms with Gasteiger partial charge in [-0.2, -0.15) is 0 Å². The van der Waals surface area contributed by atoms with Crippen molar-refractivity contribution in [2.45, 2.75) is 33.2 Å².